The van der Waals surface area contributed by atoms with E-state index in [1.165, 1.54) is 4.88 Å². The van der Waals surface area contributed by atoms with Crippen LogP contribution in [0.4, 0.5) is 0 Å². The van der Waals surface area contributed by atoms with Gasteiger partial charge in [-0.3, -0.25) is 4.79 Å². The minimum absolute atomic E-state index is 0.0670. The average molecular weight is 294 g/mol. The van der Waals surface area contributed by atoms with Gasteiger partial charge in [0.15, 0.2) is 0 Å². The molecule has 5 heteroatoms. The van der Waals surface area contributed by atoms with E-state index in [1.54, 1.807) is 22.7 Å². The molecule has 3 nitrogen and oxygen atoms in total. The van der Waals surface area contributed by atoms with Crippen LogP contribution in [0.5, 0.6) is 0 Å². The molecule has 0 bridgehead atoms. The summed E-state index contributed by atoms with van der Waals surface area (Å²) in [5.41, 5.74) is 0.548. The van der Waals surface area contributed by atoms with Crippen molar-refractivity contribution < 1.29 is 4.79 Å². The summed E-state index contributed by atoms with van der Waals surface area (Å²) in [6, 6.07) is 4.25. The van der Waals surface area contributed by atoms with E-state index in [4.69, 9.17) is 0 Å². The second-order valence-electron chi connectivity index (χ2n) is 4.53. The van der Waals surface area contributed by atoms with Gasteiger partial charge in [0.2, 0.25) is 0 Å². The second kappa shape index (κ2) is 6.82. The molecule has 0 spiro atoms. The van der Waals surface area contributed by atoms with Gasteiger partial charge in [0.25, 0.3) is 5.91 Å². The third kappa shape index (κ3) is 4.14. The molecular formula is C14H18N2OS2. The summed E-state index contributed by atoms with van der Waals surface area (Å²) >= 11 is 3.29. The molecule has 1 N–H and O–H groups in total. The molecule has 0 saturated heterocycles. The lowest BCUT2D eigenvalue weighted by Gasteiger charge is -2.11. The number of thiazole rings is 1. The van der Waals surface area contributed by atoms with Crippen molar-refractivity contribution in [2.24, 2.45) is 0 Å². The predicted octanol–water partition coefficient (Wildman–Crippen LogP) is 3.52. The first-order chi connectivity index (χ1) is 9.19. The molecule has 19 heavy (non-hydrogen) atoms. The molecule has 0 fully saturated rings. The van der Waals surface area contributed by atoms with Gasteiger partial charge in [-0.05, 0) is 31.2 Å². The van der Waals surface area contributed by atoms with E-state index in [0.29, 0.717) is 5.69 Å². The third-order valence-electron chi connectivity index (χ3n) is 2.71. The Labute approximate surface area is 121 Å². The zero-order valence-corrected chi connectivity index (χ0v) is 12.8. The molecule has 1 amide bonds. The van der Waals surface area contributed by atoms with E-state index in [1.807, 2.05) is 18.4 Å². The molecule has 2 aromatic heterocycles. The lowest BCUT2D eigenvalue weighted by atomic mass is 10.2. The van der Waals surface area contributed by atoms with E-state index < -0.39 is 0 Å². The van der Waals surface area contributed by atoms with Gasteiger partial charge in [-0.25, -0.2) is 4.98 Å². The summed E-state index contributed by atoms with van der Waals surface area (Å²) in [6.45, 7) is 4.14. The van der Waals surface area contributed by atoms with Gasteiger partial charge in [-0.2, -0.15) is 0 Å². The van der Waals surface area contributed by atoms with Crippen LogP contribution in [0.25, 0.3) is 0 Å². The Morgan fingerprint density at radius 1 is 1.47 bits per heavy atom. The fourth-order valence-corrected chi connectivity index (χ4v) is 3.54. The Hall–Kier alpha value is -1.20. The van der Waals surface area contributed by atoms with Crippen molar-refractivity contribution in [3.05, 3.63) is 38.5 Å². The summed E-state index contributed by atoms with van der Waals surface area (Å²) in [5, 5.41) is 7.94. The fourth-order valence-electron chi connectivity index (χ4n) is 1.82. The minimum Gasteiger partial charge on any atom is -0.348 e. The van der Waals surface area contributed by atoms with Gasteiger partial charge in [0.1, 0.15) is 5.69 Å². The molecular weight excluding hydrogens is 276 g/mol. The number of nitrogens with one attached hydrogen (secondary N) is 1. The first-order valence-corrected chi connectivity index (χ1v) is 8.22. The maximum atomic E-state index is 12.0. The number of aromatic nitrogens is 1. The first kappa shape index (κ1) is 14.2. The summed E-state index contributed by atoms with van der Waals surface area (Å²) in [7, 11) is 0. The fraction of sp³-hybridized carbons (Fsp3) is 0.429. The highest BCUT2D eigenvalue weighted by Gasteiger charge is 2.13. The largest absolute Gasteiger partial charge is 0.348 e. The van der Waals surface area contributed by atoms with Crippen molar-refractivity contribution in [3.8, 4) is 0 Å². The van der Waals surface area contributed by atoms with Gasteiger partial charge < -0.3 is 5.32 Å². The van der Waals surface area contributed by atoms with Crippen molar-refractivity contribution in [1.29, 1.82) is 0 Å². The van der Waals surface area contributed by atoms with Crippen LogP contribution in [0.15, 0.2) is 22.9 Å². The van der Waals surface area contributed by atoms with Gasteiger partial charge in [0, 0.05) is 22.7 Å². The second-order valence-corrected chi connectivity index (χ2v) is 6.51. The highest BCUT2D eigenvalue weighted by molar-refractivity contribution is 7.10. The number of amides is 1. The Morgan fingerprint density at radius 3 is 3.00 bits per heavy atom. The zero-order chi connectivity index (χ0) is 13.7. The number of carbonyl (C=O) groups is 1. The molecule has 0 radical (unpaired) electrons. The SMILES string of the molecule is CCCc1nc(C(=O)N[C@H](C)Cc2cccs2)cs1. The summed E-state index contributed by atoms with van der Waals surface area (Å²) in [5.74, 6) is -0.0670. The summed E-state index contributed by atoms with van der Waals surface area (Å²) < 4.78 is 0. The van der Waals surface area contributed by atoms with Crippen molar-refractivity contribution in [3.63, 3.8) is 0 Å². The monoisotopic (exact) mass is 294 g/mol. The van der Waals surface area contributed by atoms with Crippen molar-refractivity contribution >= 4 is 28.6 Å². The average Bonchev–Trinajstić information content (AvgIpc) is 3.00. The minimum atomic E-state index is -0.0670. The van der Waals surface area contributed by atoms with Crippen molar-refractivity contribution in [2.45, 2.75) is 39.2 Å². The van der Waals surface area contributed by atoms with E-state index in [-0.39, 0.29) is 11.9 Å². The maximum Gasteiger partial charge on any atom is 0.270 e. The topological polar surface area (TPSA) is 42.0 Å². The molecule has 0 saturated carbocycles. The van der Waals surface area contributed by atoms with Crippen LogP contribution >= 0.6 is 22.7 Å². The molecule has 0 aliphatic carbocycles. The highest BCUT2D eigenvalue weighted by Crippen LogP contribution is 2.13. The molecule has 0 aromatic carbocycles. The summed E-state index contributed by atoms with van der Waals surface area (Å²) in [6.07, 6.45) is 2.88. The Bertz CT molecular complexity index is 519. The van der Waals surface area contributed by atoms with E-state index in [9.17, 15) is 4.79 Å². The van der Waals surface area contributed by atoms with Crippen LogP contribution in [0.2, 0.25) is 0 Å². The molecule has 2 aromatic rings. The van der Waals surface area contributed by atoms with E-state index in [2.05, 4.69) is 28.7 Å². The van der Waals surface area contributed by atoms with E-state index >= 15 is 0 Å². The molecule has 0 aliphatic rings. The Morgan fingerprint density at radius 2 is 2.32 bits per heavy atom. The normalized spacial score (nSPS) is 12.3. The van der Waals surface area contributed by atoms with Crippen LogP contribution in [0, 0.1) is 0 Å². The Kier molecular flexibility index (Phi) is 5.10. The van der Waals surface area contributed by atoms with Crippen LogP contribution in [0.1, 0.15) is 40.6 Å². The molecule has 102 valence electrons. The molecule has 1 atom stereocenters. The van der Waals surface area contributed by atoms with Crippen molar-refractivity contribution in [2.75, 3.05) is 0 Å². The zero-order valence-electron chi connectivity index (χ0n) is 11.2. The van der Waals surface area contributed by atoms with Crippen LogP contribution < -0.4 is 5.32 Å². The smallest absolute Gasteiger partial charge is 0.270 e. The standard InChI is InChI=1S/C14H18N2OS2/c1-3-5-13-16-12(9-19-13)14(17)15-10(2)8-11-6-4-7-18-11/h4,6-7,9-10H,3,5,8H2,1-2H3,(H,15,17)/t10-/m1/s1. The number of aryl methyl sites for hydroxylation is 1. The third-order valence-corrected chi connectivity index (χ3v) is 4.52. The number of thiophene rings is 1. The van der Waals surface area contributed by atoms with Gasteiger partial charge >= 0.3 is 0 Å². The van der Waals surface area contributed by atoms with E-state index in [0.717, 1.165) is 24.3 Å². The highest BCUT2D eigenvalue weighted by atomic mass is 32.1. The summed E-state index contributed by atoms with van der Waals surface area (Å²) in [4.78, 5) is 17.7. The van der Waals surface area contributed by atoms with Gasteiger partial charge in [-0.15, -0.1) is 22.7 Å². The number of carbonyl (C=O) groups excluding carboxylic acids is 1. The van der Waals surface area contributed by atoms with Crippen molar-refractivity contribution in [1.82, 2.24) is 10.3 Å². The molecule has 0 aliphatic heterocycles. The number of hydrogen-bond acceptors (Lipinski definition) is 4. The lowest BCUT2D eigenvalue weighted by molar-refractivity contribution is 0.0935. The number of nitrogens with zero attached hydrogens (tertiary/aromatic N) is 1. The molecule has 0 unspecified atom stereocenters. The Balaban J connectivity index is 1.88. The molecule has 2 heterocycles. The maximum absolute atomic E-state index is 12.0. The van der Waals surface area contributed by atoms with Crippen LogP contribution in [-0.4, -0.2) is 16.9 Å². The lowest BCUT2D eigenvalue weighted by Crippen LogP contribution is -2.34. The van der Waals surface area contributed by atoms with Crippen LogP contribution in [-0.2, 0) is 12.8 Å². The molecule has 2 rings (SSSR count). The predicted molar refractivity (Wildman–Crippen MR) is 81.1 cm³/mol. The van der Waals surface area contributed by atoms with Crippen LogP contribution in [0.3, 0.4) is 0 Å². The number of rotatable bonds is 6. The first-order valence-electron chi connectivity index (χ1n) is 6.46. The van der Waals surface area contributed by atoms with Gasteiger partial charge in [-0.1, -0.05) is 13.0 Å². The van der Waals surface area contributed by atoms with Gasteiger partial charge in [0.05, 0.1) is 5.01 Å². The quantitative estimate of drug-likeness (QED) is 0.885. The number of hydrogen-bond donors (Lipinski definition) is 1.